The van der Waals surface area contributed by atoms with Crippen LogP contribution < -0.4 is 10.6 Å². The molecule has 0 radical (unpaired) electrons. The molecule has 40 heavy (non-hydrogen) atoms. The number of rotatable bonds is 7. The molecule has 0 spiro atoms. The SMILES string of the molecule is O=C(Nc1ccc(N[C@H]2CCN(C(=O)C3CCCC3C(=O)O)C2)cc1)c1nc(-c2ccccc2)oc1C(F)(F)F. The van der Waals surface area contributed by atoms with Gasteiger partial charge in [-0.2, -0.15) is 13.2 Å². The number of nitrogens with zero attached hydrogens (tertiary/aromatic N) is 2. The maximum absolute atomic E-state index is 13.6. The highest BCUT2D eigenvalue weighted by molar-refractivity contribution is 6.04. The number of carbonyl (C=O) groups excluding carboxylic acids is 2. The standard InChI is InChI=1S/C28H27F3N4O5/c29-28(30,31)23-22(34-25(40-23)16-5-2-1-3-6-16)24(36)33-18-11-9-17(10-12-18)32-19-13-14-35(15-19)26(37)20-7-4-8-21(20)27(38)39/h1-3,5-6,9-12,19-21,32H,4,7-8,13-15H2,(H,33,36)(H,38,39)/t19-,20?,21?/m0/s1. The van der Waals surface area contributed by atoms with Gasteiger partial charge in [0.2, 0.25) is 17.6 Å². The highest BCUT2D eigenvalue weighted by Crippen LogP contribution is 2.36. The van der Waals surface area contributed by atoms with E-state index in [1.165, 1.54) is 12.1 Å². The first-order chi connectivity index (χ1) is 19.1. The Balaban J connectivity index is 1.21. The van der Waals surface area contributed by atoms with Gasteiger partial charge in [-0.3, -0.25) is 14.4 Å². The second-order valence-corrected chi connectivity index (χ2v) is 9.99. The fraction of sp³-hybridized carbons (Fsp3) is 0.357. The molecule has 2 unspecified atom stereocenters. The molecule has 210 valence electrons. The fourth-order valence-corrected chi connectivity index (χ4v) is 5.31. The van der Waals surface area contributed by atoms with E-state index in [9.17, 15) is 32.7 Å². The number of halogens is 3. The maximum atomic E-state index is 13.6. The fourth-order valence-electron chi connectivity index (χ4n) is 5.31. The van der Waals surface area contributed by atoms with E-state index >= 15 is 0 Å². The first-order valence-electron chi connectivity index (χ1n) is 12.9. The molecular weight excluding hydrogens is 529 g/mol. The van der Waals surface area contributed by atoms with Gasteiger partial charge in [0, 0.05) is 36.1 Å². The minimum Gasteiger partial charge on any atom is -0.481 e. The molecule has 1 saturated heterocycles. The van der Waals surface area contributed by atoms with Crippen LogP contribution in [-0.2, 0) is 15.8 Å². The Hall–Kier alpha value is -4.35. The average Bonchev–Trinajstić information content (AvgIpc) is 3.69. The molecule has 1 aromatic heterocycles. The number of alkyl halides is 3. The molecule has 2 fully saturated rings. The van der Waals surface area contributed by atoms with Crippen LogP contribution in [0.5, 0.6) is 0 Å². The van der Waals surface area contributed by atoms with Crippen LogP contribution in [0, 0.1) is 11.8 Å². The molecule has 5 rings (SSSR count). The number of aromatic nitrogens is 1. The molecule has 1 aliphatic heterocycles. The molecule has 3 N–H and O–H groups in total. The van der Waals surface area contributed by atoms with Gasteiger partial charge in [-0.1, -0.05) is 24.6 Å². The highest BCUT2D eigenvalue weighted by atomic mass is 19.4. The lowest BCUT2D eigenvalue weighted by Crippen LogP contribution is -2.39. The third-order valence-corrected chi connectivity index (χ3v) is 7.28. The Bertz CT molecular complexity index is 1390. The van der Waals surface area contributed by atoms with Gasteiger partial charge in [-0.05, 0) is 55.7 Å². The highest BCUT2D eigenvalue weighted by Gasteiger charge is 2.42. The quantitative estimate of drug-likeness (QED) is 0.369. The van der Waals surface area contributed by atoms with Crippen molar-refractivity contribution in [2.24, 2.45) is 11.8 Å². The molecular formula is C28H27F3N4O5. The topological polar surface area (TPSA) is 125 Å². The molecule has 1 saturated carbocycles. The van der Waals surface area contributed by atoms with E-state index in [1.54, 1.807) is 47.4 Å². The van der Waals surface area contributed by atoms with Gasteiger partial charge in [0.25, 0.3) is 5.91 Å². The van der Waals surface area contributed by atoms with Gasteiger partial charge in [0.1, 0.15) is 0 Å². The number of carbonyl (C=O) groups is 3. The Morgan fingerprint density at radius 2 is 1.62 bits per heavy atom. The summed E-state index contributed by atoms with van der Waals surface area (Å²) in [6.07, 6.45) is -2.39. The lowest BCUT2D eigenvalue weighted by Gasteiger charge is -2.23. The molecule has 9 nitrogen and oxygen atoms in total. The lowest BCUT2D eigenvalue weighted by atomic mass is 9.95. The van der Waals surface area contributed by atoms with E-state index in [0.29, 0.717) is 43.6 Å². The van der Waals surface area contributed by atoms with Crippen LogP contribution in [0.4, 0.5) is 24.5 Å². The molecule has 0 bridgehead atoms. The molecule has 2 aromatic carbocycles. The second kappa shape index (κ2) is 11.0. The van der Waals surface area contributed by atoms with Crippen LogP contribution >= 0.6 is 0 Å². The van der Waals surface area contributed by atoms with Crippen molar-refractivity contribution >= 4 is 29.2 Å². The van der Waals surface area contributed by atoms with E-state index in [2.05, 4.69) is 15.6 Å². The Morgan fingerprint density at radius 1 is 0.950 bits per heavy atom. The van der Waals surface area contributed by atoms with Crippen molar-refractivity contribution in [3.8, 4) is 11.5 Å². The Labute approximate surface area is 227 Å². The predicted octanol–water partition coefficient (Wildman–Crippen LogP) is 5.13. The predicted molar refractivity (Wildman–Crippen MR) is 138 cm³/mol. The van der Waals surface area contributed by atoms with Crippen LogP contribution in [-0.4, -0.2) is 51.9 Å². The molecule has 12 heteroatoms. The van der Waals surface area contributed by atoms with Crippen molar-refractivity contribution in [2.75, 3.05) is 23.7 Å². The zero-order valence-corrected chi connectivity index (χ0v) is 21.3. The van der Waals surface area contributed by atoms with Gasteiger partial charge < -0.3 is 25.1 Å². The number of benzene rings is 2. The van der Waals surface area contributed by atoms with Gasteiger partial charge in [0.15, 0.2) is 5.69 Å². The summed E-state index contributed by atoms with van der Waals surface area (Å²) in [4.78, 5) is 42.6. The van der Waals surface area contributed by atoms with Gasteiger partial charge in [-0.25, -0.2) is 4.98 Å². The molecule has 2 amide bonds. The van der Waals surface area contributed by atoms with Crippen LogP contribution in [0.1, 0.15) is 41.9 Å². The summed E-state index contributed by atoms with van der Waals surface area (Å²) >= 11 is 0. The number of anilines is 2. The summed E-state index contributed by atoms with van der Waals surface area (Å²) in [5.41, 5.74) is 0.402. The van der Waals surface area contributed by atoms with Crippen LogP contribution in [0.25, 0.3) is 11.5 Å². The van der Waals surface area contributed by atoms with Crippen LogP contribution in [0.3, 0.4) is 0 Å². The van der Waals surface area contributed by atoms with E-state index in [-0.39, 0.29) is 23.5 Å². The third kappa shape index (κ3) is 5.80. The summed E-state index contributed by atoms with van der Waals surface area (Å²) in [6.45, 7) is 0.966. The van der Waals surface area contributed by atoms with E-state index < -0.39 is 41.3 Å². The molecule has 2 aliphatic rings. The van der Waals surface area contributed by atoms with Gasteiger partial charge in [0.05, 0.1) is 11.8 Å². The molecule has 1 aliphatic carbocycles. The number of oxazole rings is 1. The normalized spacial score (nSPS) is 20.9. The van der Waals surface area contributed by atoms with Gasteiger partial charge in [-0.15, -0.1) is 0 Å². The zero-order valence-electron chi connectivity index (χ0n) is 21.3. The molecule has 2 heterocycles. The van der Waals surface area contributed by atoms with E-state index in [1.807, 2.05) is 0 Å². The second-order valence-electron chi connectivity index (χ2n) is 9.99. The smallest absolute Gasteiger partial charge is 0.452 e. The average molecular weight is 557 g/mol. The third-order valence-electron chi connectivity index (χ3n) is 7.28. The number of hydrogen-bond donors (Lipinski definition) is 3. The number of aliphatic carboxylic acids is 1. The zero-order chi connectivity index (χ0) is 28.4. The number of amides is 2. The lowest BCUT2D eigenvalue weighted by molar-refractivity contribution is -0.153. The number of carboxylic acid groups (broad SMARTS) is 1. The van der Waals surface area contributed by atoms with Crippen molar-refractivity contribution in [2.45, 2.75) is 37.9 Å². The monoisotopic (exact) mass is 556 g/mol. The minimum absolute atomic E-state index is 0.0463. The summed E-state index contributed by atoms with van der Waals surface area (Å²) in [5.74, 6) is -5.00. The van der Waals surface area contributed by atoms with Crippen molar-refractivity contribution < 1.29 is 37.1 Å². The number of nitrogens with one attached hydrogen (secondary N) is 2. The van der Waals surface area contributed by atoms with Crippen LogP contribution in [0.15, 0.2) is 59.0 Å². The van der Waals surface area contributed by atoms with E-state index in [4.69, 9.17) is 4.42 Å². The summed E-state index contributed by atoms with van der Waals surface area (Å²) in [6, 6.07) is 14.4. The first kappa shape index (κ1) is 27.2. The van der Waals surface area contributed by atoms with Crippen molar-refractivity contribution in [3.05, 3.63) is 66.1 Å². The first-order valence-corrected chi connectivity index (χ1v) is 12.9. The Morgan fingerprint density at radius 3 is 2.30 bits per heavy atom. The Kier molecular flexibility index (Phi) is 7.51. The maximum Gasteiger partial charge on any atom is 0.452 e. The summed E-state index contributed by atoms with van der Waals surface area (Å²) in [5, 5.41) is 15.1. The van der Waals surface area contributed by atoms with Crippen molar-refractivity contribution in [3.63, 3.8) is 0 Å². The van der Waals surface area contributed by atoms with Gasteiger partial charge >= 0.3 is 12.1 Å². The largest absolute Gasteiger partial charge is 0.481 e. The molecule has 3 aromatic rings. The minimum atomic E-state index is -4.91. The number of hydrogen-bond acceptors (Lipinski definition) is 6. The van der Waals surface area contributed by atoms with E-state index in [0.717, 1.165) is 6.42 Å². The number of carboxylic acids is 1. The number of likely N-dealkylation sites (tertiary alicyclic amines) is 1. The summed E-state index contributed by atoms with van der Waals surface area (Å²) < 4.78 is 45.6. The summed E-state index contributed by atoms with van der Waals surface area (Å²) in [7, 11) is 0. The molecule has 3 atom stereocenters. The van der Waals surface area contributed by atoms with Crippen LogP contribution in [0.2, 0.25) is 0 Å². The van der Waals surface area contributed by atoms with Crippen molar-refractivity contribution in [1.82, 2.24) is 9.88 Å². The van der Waals surface area contributed by atoms with Crippen molar-refractivity contribution in [1.29, 1.82) is 0 Å².